The minimum Gasteiger partial charge on any atom is -0.335 e. The molecule has 0 spiro atoms. The third kappa shape index (κ3) is 2.71. The minimum absolute atomic E-state index is 0.140. The lowest BCUT2D eigenvalue weighted by Gasteiger charge is -2.26. The monoisotopic (exact) mass is 321 g/mol. The first-order valence-electron chi connectivity index (χ1n) is 5.72. The van der Waals surface area contributed by atoms with E-state index >= 15 is 0 Å². The zero-order valence-corrected chi connectivity index (χ0v) is 11.9. The van der Waals surface area contributed by atoms with Gasteiger partial charge < -0.3 is 4.98 Å². The van der Waals surface area contributed by atoms with Gasteiger partial charge in [0.2, 0.25) is 0 Å². The number of alkyl halides is 1. The average molecular weight is 322 g/mol. The van der Waals surface area contributed by atoms with E-state index in [1.165, 1.54) is 12.5 Å². The molecular formula is C10H16BrN3O2S. The molecule has 0 saturated heterocycles. The van der Waals surface area contributed by atoms with Crippen molar-refractivity contribution in [2.24, 2.45) is 0 Å². The van der Waals surface area contributed by atoms with Crippen molar-refractivity contribution in [3.63, 3.8) is 0 Å². The summed E-state index contributed by atoms with van der Waals surface area (Å²) in [5.41, 5.74) is 0. The van der Waals surface area contributed by atoms with Crippen molar-refractivity contribution in [2.45, 2.75) is 36.8 Å². The lowest BCUT2D eigenvalue weighted by atomic mass is 10.2. The maximum Gasteiger partial charge on any atom is 0.260 e. The summed E-state index contributed by atoms with van der Waals surface area (Å²) in [6, 6.07) is 0.140. The van der Waals surface area contributed by atoms with Gasteiger partial charge >= 0.3 is 0 Å². The fourth-order valence-corrected chi connectivity index (χ4v) is 4.49. The molecule has 1 saturated carbocycles. The predicted octanol–water partition coefficient (Wildman–Crippen LogP) is 1.74. The first-order valence-corrected chi connectivity index (χ1v) is 8.28. The van der Waals surface area contributed by atoms with Gasteiger partial charge in [-0.1, -0.05) is 28.8 Å². The summed E-state index contributed by atoms with van der Waals surface area (Å²) in [6.45, 7) is 0.506. The highest BCUT2D eigenvalue weighted by atomic mass is 79.9. The standard InChI is InChI=1S/C10H16BrN3O2S/c11-5-6-14(9-3-1-2-4-9)17(15,16)10-7-12-8-13-10/h7-9H,1-6H2,(H,12,13). The van der Waals surface area contributed by atoms with Crippen LogP contribution < -0.4 is 0 Å². The molecule has 17 heavy (non-hydrogen) atoms. The molecule has 0 amide bonds. The van der Waals surface area contributed by atoms with Gasteiger partial charge in [0, 0.05) is 17.9 Å². The molecule has 0 bridgehead atoms. The Morgan fingerprint density at radius 3 is 2.71 bits per heavy atom. The second-order valence-electron chi connectivity index (χ2n) is 4.16. The predicted molar refractivity (Wildman–Crippen MR) is 68.5 cm³/mol. The Bertz CT molecular complexity index is 440. The normalized spacial score (nSPS) is 18.0. The van der Waals surface area contributed by atoms with E-state index in [-0.39, 0.29) is 11.1 Å². The fraction of sp³-hybridized carbons (Fsp3) is 0.700. The number of halogens is 1. The van der Waals surface area contributed by atoms with Crippen LogP contribution in [0.15, 0.2) is 17.6 Å². The number of imidazole rings is 1. The third-order valence-electron chi connectivity index (χ3n) is 3.10. The van der Waals surface area contributed by atoms with Crippen molar-refractivity contribution >= 4 is 26.0 Å². The van der Waals surface area contributed by atoms with Crippen molar-refractivity contribution in [3.05, 3.63) is 12.5 Å². The van der Waals surface area contributed by atoms with Crippen LogP contribution >= 0.6 is 15.9 Å². The van der Waals surface area contributed by atoms with E-state index < -0.39 is 10.0 Å². The van der Waals surface area contributed by atoms with Crippen LogP contribution in [-0.2, 0) is 10.0 Å². The molecule has 1 heterocycles. The Morgan fingerprint density at radius 1 is 1.47 bits per heavy atom. The summed E-state index contributed by atoms with van der Waals surface area (Å²) in [6.07, 6.45) is 6.91. The van der Waals surface area contributed by atoms with Crippen LogP contribution in [0.1, 0.15) is 25.7 Å². The molecule has 0 atom stereocenters. The Hall–Kier alpha value is -0.400. The molecule has 0 aromatic carbocycles. The summed E-state index contributed by atoms with van der Waals surface area (Å²) in [7, 11) is -3.42. The van der Waals surface area contributed by atoms with Gasteiger partial charge in [0.15, 0.2) is 5.03 Å². The number of nitrogens with zero attached hydrogens (tertiary/aromatic N) is 2. The molecule has 1 aliphatic carbocycles. The van der Waals surface area contributed by atoms with Gasteiger partial charge in [-0.15, -0.1) is 0 Å². The van der Waals surface area contributed by atoms with Gasteiger partial charge in [-0.3, -0.25) is 0 Å². The Balaban J connectivity index is 2.26. The molecule has 1 aromatic rings. The van der Waals surface area contributed by atoms with Crippen LogP contribution in [0.5, 0.6) is 0 Å². The van der Waals surface area contributed by atoms with Crippen LogP contribution in [0.25, 0.3) is 0 Å². The second-order valence-corrected chi connectivity index (χ2v) is 6.81. The van der Waals surface area contributed by atoms with Gasteiger partial charge in [-0.05, 0) is 12.8 Å². The molecule has 0 radical (unpaired) electrons. The molecule has 1 aliphatic rings. The van der Waals surface area contributed by atoms with Gasteiger partial charge in [0.25, 0.3) is 10.0 Å². The van der Waals surface area contributed by atoms with Gasteiger partial charge in [0.1, 0.15) is 0 Å². The zero-order valence-electron chi connectivity index (χ0n) is 9.47. The van der Waals surface area contributed by atoms with Crippen LogP contribution in [0.3, 0.4) is 0 Å². The molecule has 1 fully saturated rings. The molecular weight excluding hydrogens is 306 g/mol. The molecule has 0 unspecified atom stereocenters. The maximum absolute atomic E-state index is 12.4. The van der Waals surface area contributed by atoms with E-state index in [4.69, 9.17) is 0 Å². The minimum atomic E-state index is -3.42. The number of aromatic nitrogens is 2. The molecule has 2 rings (SSSR count). The van der Waals surface area contributed by atoms with Crippen molar-refractivity contribution in [1.82, 2.24) is 14.3 Å². The highest BCUT2D eigenvalue weighted by Gasteiger charge is 2.33. The Kier molecular flexibility index (Phi) is 4.22. The van der Waals surface area contributed by atoms with Crippen molar-refractivity contribution < 1.29 is 8.42 Å². The van der Waals surface area contributed by atoms with E-state index in [0.717, 1.165) is 25.7 Å². The largest absolute Gasteiger partial charge is 0.335 e. The van der Waals surface area contributed by atoms with Crippen LogP contribution in [0, 0.1) is 0 Å². The van der Waals surface area contributed by atoms with E-state index in [0.29, 0.717) is 11.9 Å². The maximum atomic E-state index is 12.4. The topological polar surface area (TPSA) is 66.1 Å². The molecule has 96 valence electrons. The summed E-state index contributed by atoms with van der Waals surface area (Å²) < 4.78 is 26.4. The molecule has 1 N–H and O–H groups in total. The van der Waals surface area contributed by atoms with Gasteiger partial charge in [0.05, 0.1) is 12.5 Å². The van der Waals surface area contributed by atoms with Crippen molar-refractivity contribution in [1.29, 1.82) is 0 Å². The molecule has 7 heteroatoms. The lowest BCUT2D eigenvalue weighted by molar-refractivity contribution is 0.337. The number of rotatable bonds is 5. The number of H-pyrrole nitrogens is 1. The van der Waals surface area contributed by atoms with Crippen LogP contribution in [-0.4, -0.2) is 40.6 Å². The van der Waals surface area contributed by atoms with Gasteiger partial charge in [-0.25, -0.2) is 13.4 Å². The Morgan fingerprint density at radius 2 is 2.18 bits per heavy atom. The Labute approximate surface area is 110 Å². The van der Waals surface area contributed by atoms with E-state index in [1.54, 1.807) is 4.31 Å². The highest BCUT2D eigenvalue weighted by Crippen LogP contribution is 2.27. The van der Waals surface area contributed by atoms with E-state index in [9.17, 15) is 8.42 Å². The SMILES string of the molecule is O=S(=O)(c1cnc[nH]1)N(CCBr)C1CCCC1. The smallest absolute Gasteiger partial charge is 0.260 e. The first-order chi connectivity index (χ1) is 8.16. The van der Waals surface area contributed by atoms with Crippen molar-refractivity contribution in [2.75, 3.05) is 11.9 Å². The number of hydrogen-bond acceptors (Lipinski definition) is 3. The zero-order chi connectivity index (χ0) is 12.3. The number of nitrogens with one attached hydrogen (secondary N) is 1. The fourth-order valence-electron chi connectivity index (χ4n) is 2.29. The summed E-state index contributed by atoms with van der Waals surface area (Å²) >= 11 is 3.32. The third-order valence-corrected chi connectivity index (χ3v) is 5.33. The molecule has 5 nitrogen and oxygen atoms in total. The summed E-state index contributed by atoms with van der Waals surface area (Å²) in [5, 5.41) is 0.835. The molecule has 0 aliphatic heterocycles. The first kappa shape index (κ1) is 13.0. The molecule has 1 aromatic heterocycles. The van der Waals surface area contributed by atoms with Crippen molar-refractivity contribution in [3.8, 4) is 0 Å². The second kappa shape index (κ2) is 5.49. The number of hydrogen-bond donors (Lipinski definition) is 1. The van der Waals surface area contributed by atoms with Crippen LogP contribution in [0.2, 0.25) is 0 Å². The van der Waals surface area contributed by atoms with Gasteiger partial charge in [-0.2, -0.15) is 4.31 Å². The quantitative estimate of drug-likeness (QED) is 0.840. The van der Waals surface area contributed by atoms with E-state index in [2.05, 4.69) is 25.9 Å². The number of sulfonamides is 1. The average Bonchev–Trinajstić information content (AvgIpc) is 2.97. The van der Waals surface area contributed by atoms with Crippen LogP contribution in [0.4, 0.5) is 0 Å². The summed E-state index contributed by atoms with van der Waals surface area (Å²) in [5.74, 6) is 0. The highest BCUT2D eigenvalue weighted by molar-refractivity contribution is 9.09. The summed E-state index contributed by atoms with van der Waals surface area (Å²) in [4.78, 5) is 6.47. The lowest BCUT2D eigenvalue weighted by Crippen LogP contribution is -2.40. The number of aromatic amines is 1. The van der Waals surface area contributed by atoms with E-state index in [1.807, 2.05) is 0 Å².